The summed E-state index contributed by atoms with van der Waals surface area (Å²) in [6.45, 7) is 4.56. The minimum absolute atomic E-state index is 0.586. The molecule has 1 atom stereocenters. The molecule has 1 fully saturated rings. The molecule has 1 aliphatic heterocycles. The van der Waals surface area contributed by atoms with Gasteiger partial charge in [-0.1, -0.05) is 30.2 Å². The fourth-order valence-electron chi connectivity index (χ4n) is 3.32. The first kappa shape index (κ1) is 12.5. The van der Waals surface area contributed by atoms with E-state index in [1.54, 1.807) is 0 Å². The van der Waals surface area contributed by atoms with Gasteiger partial charge in [0, 0.05) is 37.2 Å². The molecule has 3 rings (SSSR count). The summed E-state index contributed by atoms with van der Waals surface area (Å²) in [6, 6.07) is 7.03. The maximum absolute atomic E-state index is 6.39. The minimum Gasteiger partial charge on any atom is -0.314 e. The lowest BCUT2D eigenvalue weighted by atomic mass is 9.97. The van der Waals surface area contributed by atoms with Crippen molar-refractivity contribution >= 4 is 11.6 Å². The van der Waals surface area contributed by atoms with E-state index < -0.39 is 0 Å². The Morgan fingerprint density at radius 3 is 2.83 bits per heavy atom. The van der Waals surface area contributed by atoms with Gasteiger partial charge >= 0.3 is 0 Å². The van der Waals surface area contributed by atoms with Gasteiger partial charge in [-0.05, 0) is 36.5 Å². The van der Waals surface area contributed by atoms with Gasteiger partial charge in [-0.3, -0.25) is 4.90 Å². The zero-order valence-corrected chi connectivity index (χ0v) is 11.5. The Morgan fingerprint density at radius 2 is 2.00 bits per heavy atom. The van der Waals surface area contributed by atoms with Crippen LogP contribution in [-0.4, -0.2) is 31.1 Å². The van der Waals surface area contributed by atoms with Crippen molar-refractivity contribution in [3.05, 3.63) is 34.3 Å². The van der Waals surface area contributed by atoms with Gasteiger partial charge in [0.2, 0.25) is 0 Å². The maximum atomic E-state index is 6.39. The van der Waals surface area contributed by atoms with Crippen LogP contribution in [0.4, 0.5) is 0 Å². The summed E-state index contributed by atoms with van der Waals surface area (Å²) in [5.41, 5.74) is 2.89. The third kappa shape index (κ3) is 2.42. The smallest absolute Gasteiger partial charge is 0.0441 e. The lowest BCUT2D eigenvalue weighted by Crippen LogP contribution is -2.45. The fraction of sp³-hybridized carbons (Fsp3) is 0.600. The SMILES string of the molecule is Clc1cccc2c1CCCC[C@H]2N1CCNCC1. The Balaban J connectivity index is 1.93. The molecule has 0 saturated carbocycles. The standard InChI is InChI=1S/C15H21ClN2/c16-14-6-3-5-13-12(14)4-1-2-7-15(13)18-10-8-17-9-11-18/h3,5-6,15,17H,1-2,4,7-11H2/t15-/m1/s1. The largest absolute Gasteiger partial charge is 0.314 e. The third-order valence-corrected chi connectivity index (χ3v) is 4.61. The Morgan fingerprint density at radius 1 is 1.17 bits per heavy atom. The van der Waals surface area contributed by atoms with E-state index in [2.05, 4.69) is 22.3 Å². The number of halogens is 1. The number of hydrogen-bond acceptors (Lipinski definition) is 2. The van der Waals surface area contributed by atoms with E-state index in [1.807, 2.05) is 6.07 Å². The van der Waals surface area contributed by atoms with Crippen molar-refractivity contribution in [1.82, 2.24) is 10.2 Å². The summed E-state index contributed by atoms with van der Waals surface area (Å²) >= 11 is 6.39. The van der Waals surface area contributed by atoms with Gasteiger partial charge in [0.15, 0.2) is 0 Å². The van der Waals surface area contributed by atoms with E-state index in [1.165, 1.54) is 30.4 Å². The Hall–Kier alpha value is -0.570. The first-order valence-corrected chi connectivity index (χ1v) is 7.46. The number of fused-ring (bicyclic) bond motifs is 1. The molecule has 0 bridgehead atoms. The summed E-state index contributed by atoms with van der Waals surface area (Å²) in [6.07, 6.45) is 5.03. The number of nitrogens with one attached hydrogen (secondary N) is 1. The first-order valence-electron chi connectivity index (χ1n) is 7.08. The summed E-state index contributed by atoms with van der Waals surface area (Å²) in [5.74, 6) is 0. The van der Waals surface area contributed by atoms with E-state index in [0.717, 1.165) is 37.6 Å². The predicted octanol–water partition coefficient (Wildman–Crippen LogP) is 3.01. The molecule has 0 unspecified atom stereocenters. The van der Waals surface area contributed by atoms with Crippen LogP contribution in [0.15, 0.2) is 18.2 Å². The van der Waals surface area contributed by atoms with Crippen LogP contribution in [-0.2, 0) is 6.42 Å². The van der Waals surface area contributed by atoms with Crippen LogP contribution < -0.4 is 5.32 Å². The lowest BCUT2D eigenvalue weighted by Gasteiger charge is -2.35. The van der Waals surface area contributed by atoms with Crippen LogP contribution in [0.1, 0.15) is 36.4 Å². The zero-order chi connectivity index (χ0) is 12.4. The molecular weight excluding hydrogens is 244 g/mol. The topological polar surface area (TPSA) is 15.3 Å². The molecule has 0 radical (unpaired) electrons. The summed E-state index contributed by atoms with van der Waals surface area (Å²) < 4.78 is 0. The van der Waals surface area contributed by atoms with Crippen molar-refractivity contribution in [2.24, 2.45) is 0 Å². The Kier molecular flexibility index (Phi) is 3.88. The van der Waals surface area contributed by atoms with Crippen molar-refractivity contribution < 1.29 is 0 Å². The number of benzene rings is 1. The monoisotopic (exact) mass is 264 g/mol. The van der Waals surface area contributed by atoms with Crippen molar-refractivity contribution in [2.45, 2.75) is 31.7 Å². The maximum Gasteiger partial charge on any atom is 0.0441 e. The molecule has 1 aliphatic carbocycles. The average Bonchev–Trinajstić information content (AvgIpc) is 2.63. The molecule has 18 heavy (non-hydrogen) atoms. The van der Waals surface area contributed by atoms with Crippen LogP contribution in [0.3, 0.4) is 0 Å². The quantitative estimate of drug-likeness (QED) is 0.785. The van der Waals surface area contributed by atoms with E-state index in [4.69, 9.17) is 11.6 Å². The molecule has 1 N–H and O–H groups in total. The molecule has 3 heteroatoms. The second kappa shape index (κ2) is 5.60. The summed E-state index contributed by atoms with van der Waals surface area (Å²) in [4.78, 5) is 2.64. The molecule has 0 spiro atoms. The van der Waals surface area contributed by atoms with Gasteiger partial charge in [0.05, 0.1) is 0 Å². The first-order chi connectivity index (χ1) is 8.86. The highest BCUT2D eigenvalue weighted by atomic mass is 35.5. The van der Waals surface area contributed by atoms with Gasteiger partial charge in [-0.15, -0.1) is 0 Å². The highest BCUT2D eigenvalue weighted by molar-refractivity contribution is 6.31. The minimum atomic E-state index is 0.586. The molecule has 0 aromatic heterocycles. The second-order valence-electron chi connectivity index (χ2n) is 5.36. The van der Waals surface area contributed by atoms with Gasteiger partial charge in [-0.25, -0.2) is 0 Å². The van der Waals surface area contributed by atoms with Crippen molar-refractivity contribution in [3.63, 3.8) is 0 Å². The molecule has 2 aliphatic rings. The van der Waals surface area contributed by atoms with Crippen LogP contribution in [0, 0.1) is 0 Å². The van der Waals surface area contributed by atoms with E-state index in [-0.39, 0.29) is 0 Å². The molecule has 2 nitrogen and oxygen atoms in total. The van der Waals surface area contributed by atoms with Gasteiger partial charge in [0.1, 0.15) is 0 Å². The molecule has 98 valence electrons. The summed E-state index contributed by atoms with van der Waals surface area (Å²) in [5, 5.41) is 4.40. The van der Waals surface area contributed by atoms with Crippen LogP contribution in [0.2, 0.25) is 5.02 Å². The van der Waals surface area contributed by atoms with Crippen LogP contribution in [0.5, 0.6) is 0 Å². The third-order valence-electron chi connectivity index (χ3n) is 4.26. The van der Waals surface area contributed by atoms with Crippen LogP contribution in [0.25, 0.3) is 0 Å². The van der Waals surface area contributed by atoms with Gasteiger partial charge in [0.25, 0.3) is 0 Å². The number of piperazine rings is 1. The van der Waals surface area contributed by atoms with Crippen LogP contribution >= 0.6 is 11.6 Å². The van der Waals surface area contributed by atoms with Crippen molar-refractivity contribution in [1.29, 1.82) is 0 Å². The predicted molar refractivity (Wildman–Crippen MR) is 76.2 cm³/mol. The molecule has 1 heterocycles. The van der Waals surface area contributed by atoms with Gasteiger partial charge < -0.3 is 5.32 Å². The van der Waals surface area contributed by atoms with Gasteiger partial charge in [-0.2, -0.15) is 0 Å². The molecule has 0 amide bonds. The number of rotatable bonds is 1. The van der Waals surface area contributed by atoms with E-state index >= 15 is 0 Å². The Labute approximate surface area is 114 Å². The fourth-order valence-corrected chi connectivity index (χ4v) is 3.60. The lowest BCUT2D eigenvalue weighted by molar-refractivity contribution is 0.165. The van der Waals surface area contributed by atoms with Crippen molar-refractivity contribution in [3.8, 4) is 0 Å². The Bertz CT molecular complexity index is 413. The highest BCUT2D eigenvalue weighted by Gasteiger charge is 2.26. The zero-order valence-electron chi connectivity index (χ0n) is 10.8. The van der Waals surface area contributed by atoms with Crippen molar-refractivity contribution in [2.75, 3.05) is 26.2 Å². The number of hydrogen-bond donors (Lipinski definition) is 1. The summed E-state index contributed by atoms with van der Waals surface area (Å²) in [7, 11) is 0. The number of nitrogens with zero attached hydrogens (tertiary/aromatic N) is 1. The molecular formula is C15H21ClN2. The second-order valence-corrected chi connectivity index (χ2v) is 5.76. The highest BCUT2D eigenvalue weighted by Crippen LogP contribution is 2.36. The molecule has 1 saturated heterocycles. The van der Waals surface area contributed by atoms with E-state index in [9.17, 15) is 0 Å². The molecule has 1 aromatic carbocycles. The van der Waals surface area contributed by atoms with E-state index in [0.29, 0.717) is 6.04 Å². The average molecular weight is 265 g/mol. The molecule has 1 aromatic rings. The normalized spacial score (nSPS) is 25.5.